The SMILES string of the molecule is Cc1sc(CNc2ccc(OCCN(C)C)cc2)cc1Br. The molecule has 1 heterocycles. The van der Waals surface area contributed by atoms with Crippen LogP contribution in [0, 0.1) is 6.92 Å². The van der Waals surface area contributed by atoms with Gasteiger partial charge in [-0.05, 0) is 67.3 Å². The van der Waals surface area contributed by atoms with Crippen LogP contribution in [0.25, 0.3) is 0 Å². The van der Waals surface area contributed by atoms with Crippen LogP contribution in [0.1, 0.15) is 9.75 Å². The van der Waals surface area contributed by atoms with Crippen LogP contribution in [-0.2, 0) is 6.54 Å². The number of likely N-dealkylation sites (N-methyl/N-ethyl adjacent to an activating group) is 1. The molecule has 0 bridgehead atoms. The monoisotopic (exact) mass is 368 g/mol. The first-order valence-electron chi connectivity index (χ1n) is 6.91. The standard InChI is InChI=1S/C16H21BrN2OS/c1-12-16(17)10-15(21-12)11-18-13-4-6-14(7-5-13)20-9-8-19(2)3/h4-7,10,18H,8-9,11H2,1-3H3. The Morgan fingerprint density at radius 2 is 1.95 bits per heavy atom. The first-order chi connectivity index (χ1) is 10.0. The molecule has 0 atom stereocenters. The Bertz CT molecular complexity index is 547. The summed E-state index contributed by atoms with van der Waals surface area (Å²) in [4.78, 5) is 4.75. The van der Waals surface area contributed by atoms with E-state index in [0.717, 1.165) is 24.5 Å². The number of anilines is 1. The van der Waals surface area contributed by atoms with Crippen molar-refractivity contribution in [3.63, 3.8) is 0 Å². The number of halogens is 1. The van der Waals surface area contributed by atoms with Crippen molar-refractivity contribution < 1.29 is 4.74 Å². The van der Waals surface area contributed by atoms with E-state index < -0.39 is 0 Å². The van der Waals surface area contributed by atoms with Crippen molar-refractivity contribution in [1.82, 2.24) is 4.90 Å². The average molecular weight is 369 g/mol. The van der Waals surface area contributed by atoms with E-state index in [0.29, 0.717) is 6.61 Å². The fourth-order valence-electron chi connectivity index (χ4n) is 1.81. The quantitative estimate of drug-likeness (QED) is 0.784. The van der Waals surface area contributed by atoms with Crippen LogP contribution in [0.4, 0.5) is 5.69 Å². The van der Waals surface area contributed by atoms with Crippen molar-refractivity contribution in [1.29, 1.82) is 0 Å². The third-order valence-corrected chi connectivity index (χ3v) is 5.17. The zero-order chi connectivity index (χ0) is 15.2. The maximum Gasteiger partial charge on any atom is 0.119 e. The third-order valence-electron chi connectivity index (χ3n) is 3.04. The van der Waals surface area contributed by atoms with Gasteiger partial charge in [-0.2, -0.15) is 0 Å². The normalized spacial score (nSPS) is 10.9. The Kier molecular flexibility index (Phi) is 6.08. The Balaban J connectivity index is 1.82. The van der Waals surface area contributed by atoms with Gasteiger partial charge in [0, 0.05) is 33.0 Å². The lowest BCUT2D eigenvalue weighted by molar-refractivity contribution is 0.261. The van der Waals surface area contributed by atoms with Crippen LogP contribution in [-0.4, -0.2) is 32.1 Å². The van der Waals surface area contributed by atoms with Gasteiger partial charge in [-0.3, -0.25) is 0 Å². The second kappa shape index (κ2) is 7.82. The molecule has 3 nitrogen and oxygen atoms in total. The molecule has 0 aliphatic heterocycles. The van der Waals surface area contributed by atoms with Crippen molar-refractivity contribution in [3.05, 3.63) is 44.6 Å². The molecular formula is C16H21BrN2OS. The molecule has 2 aromatic rings. The van der Waals surface area contributed by atoms with E-state index >= 15 is 0 Å². The lowest BCUT2D eigenvalue weighted by Gasteiger charge is -2.11. The fraction of sp³-hybridized carbons (Fsp3) is 0.375. The van der Waals surface area contributed by atoms with Gasteiger partial charge >= 0.3 is 0 Å². The smallest absolute Gasteiger partial charge is 0.119 e. The minimum Gasteiger partial charge on any atom is -0.492 e. The molecule has 0 saturated carbocycles. The van der Waals surface area contributed by atoms with Crippen LogP contribution in [0.2, 0.25) is 0 Å². The summed E-state index contributed by atoms with van der Waals surface area (Å²) in [5.41, 5.74) is 1.11. The van der Waals surface area contributed by atoms with Gasteiger partial charge in [-0.1, -0.05) is 0 Å². The number of nitrogens with one attached hydrogen (secondary N) is 1. The Labute approximate surface area is 139 Å². The van der Waals surface area contributed by atoms with Gasteiger partial charge in [-0.25, -0.2) is 0 Å². The maximum absolute atomic E-state index is 5.68. The first kappa shape index (κ1) is 16.3. The van der Waals surface area contributed by atoms with Crippen LogP contribution in [0.5, 0.6) is 5.75 Å². The second-order valence-corrected chi connectivity index (χ2v) is 7.34. The van der Waals surface area contributed by atoms with Crippen LogP contribution < -0.4 is 10.1 Å². The van der Waals surface area contributed by atoms with E-state index in [1.807, 2.05) is 37.6 Å². The van der Waals surface area contributed by atoms with E-state index in [4.69, 9.17) is 4.74 Å². The largest absolute Gasteiger partial charge is 0.492 e. The van der Waals surface area contributed by atoms with E-state index in [2.05, 4.69) is 51.3 Å². The molecule has 0 spiro atoms. The van der Waals surface area contributed by atoms with Gasteiger partial charge in [0.2, 0.25) is 0 Å². The van der Waals surface area contributed by atoms with Gasteiger partial charge in [0.25, 0.3) is 0 Å². The molecule has 0 aliphatic carbocycles. The summed E-state index contributed by atoms with van der Waals surface area (Å²) in [6, 6.07) is 10.3. The molecule has 5 heteroatoms. The second-order valence-electron chi connectivity index (χ2n) is 5.15. The highest BCUT2D eigenvalue weighted by Crippen LogP contribution is 2.27. The number of hydrogen-bond donors (Lipinski definition) is 1. The predicted octanol–water partition coefficient (Wildman–Crippen LogP) is 4.37. The Hall–Kier alpha value is -1.04. The van der Waals surface area contributed by atoms with Gasteiger partial charge in [-0.15, -0.1) is 11.3 Å². The molecule has 0 unspecified atom stereocenters. The Morgan fingerprint density at radius 1 is 1.24 bits per heavy atom. The molecular weight excluding hydrogens is 348 g/mol. The Morgan fingerprint density at radius 3 is 2.52 bits per heavy atom. The van der Waals surface area contributed by atoms with Gasteiger partial charge in [0.15, 0.2) is 0 Å². The minimum absolute atomic E-state index is 0.711. The van der Waals surface area contributed by atoms with Gasteiger partial charge in [0.05, 0.1) is 0 Å². The van der Waals surface area contributed by atoms with E-state index in [9.17, 15) is 0 Å². The summed E-state index contributed by atoms with van der Waals surface area (Å²) in [6.07, 6.45) is 0. The third kappa shape index (κ3) is 5.34. The van der Waals surface area contributed by atoms with Crippen LogP contribution in [0.15, 0.2) is 34.8 Å². The van der Waals surface area contributed by atoms with Crippen LogP contribution >= 0.6 is 27.3 Å². The number of thiophene rings is 1. The predicted molar refractivity (Wildman–Crippen MR) is 94.6 cm³/mol. The molecule has 0 fully saturated rings. The highest BCUT2D eigenvalue weighted by Gasteiger charge is 2.03. The molecule has 2 rings (SSSR count). The lowest BCUT2D eigenvalue weighted by Crippen LogP contribution is -2.19. The van der Waals surface area contributed by atoms with Crippen LogP contribution in [0.3, 0.4) is 0 Å². The summed E-state index contributed by atoms with van der Waals surface area (Å²) in [5, 5.41) is 3.43. The van der Waals surface area contributed by atoms with Crippen molar-refractivity contribution in [2.24, 2.45) is 0 Å². The highest BCUT2D eigenvalue weighted by atomic mass is 79.9. The molecule has 1 aromatic carbocycles. The molecule has 21 heavy (non-hydrogen) atoms. The maximum atomic E-state index is 5.68. The number of ether oxygens (including phenoxy) is 1. The molecule has 1 N–H and O–H groups in total. The highest BCUT2D eigenvalue weighted by molar-refractivity contribution is 9.10. The number of aryl methyl sites for hydroxylation is 1. The van der Waals surface area contributed by atoms with Gasteiger partial charge in [0.1, 0.15) is 12.4 Å². The number of rotatable bonds is 7. The van der Waals surface area contributed by atoms with Crippen molar-refractivity contribution in [2.45, 2.75) is 13.5 Å². The number of hydrogen-bond acceptors (Lipinski definition) is 4. The molecule has 1 aromatic heterocycles. The summed E-state index contributed by atoms with van der Waals surface area (Å²) in [7, 11) is 4.09. The summed E-state index contributed by atoms with van der Waals surface area (Å²) in [5.74, 6) is 0.914. The zero-order valence-electron chi connectivity index (χ0n) is 12.6. The van der Waals surface area contributed by atoms with E-state index in [1.165, 1.54) is 14.2 Å². The van der Waals surface area contributed by atoms with Crippen molar-refractivity contribution in [2.75, 3.05) is 32.6 Å². The first-order valence-corrected chi connectivity index (χ1v) is 8.52. The molecule has 114 valence electrons. The summed E-state index contributed by atoms with van der Waals surface area (Å²) in [6.45, 7) is 4.60. The topological polar surface area (TPSA) is 24.5 Å². The zero-order valence-corrected chi connectivity index (χ0v) is 15.1. The van der Waals surface area contributed by atoms with Crippen molar-refractivity contribution >= 4 is 33.0 Å². The molecule has 0 amide bonds. The number of benzene rings is 1. The van der Waals surface area contributed by atoms with Crippen molar-refractivity contribution in [3.8, 4) is 5.75 Å². The molecule has 0 saturated heterocycles. The summed E-state index contributed by atoms with van der Waals surface area (Å²) >= 11 is 5.36. The summed E-state index contributed by atoms with van der Waals surface area (Å²) < 4.78 is 6.87. The number of nitrogens with zero attached hydrogens (tertiary/aromatic N) is 1. The molecule has 0 aliphatic rings. The fourth-order valence-corrected chi connectivity index (χ4v) is 3.35. The molecule has 0 radical (unpaired) electrons. The van der Waals surface area contributed by atoms with Gasteiger partial charge < -0.3 is 15.0 Å². The minimum atomic E-state index is 0.711. The van der Waals surface area contributed by atoms with E-state index in [1.54, 1.807) is 0 Å². The van der Waals surface area contributed by atoms with E-state index in [-0.39, 0.29) is 0 Å². The average Bonchev–Trinajstić information content (AvgIpc) is 2.77. The lowest BCUT2D eigenvalue weighted by atomic mass is 10.3.